The maximum absolute atomic E-state index is 12.8. The summed E-state index contributed by atoms with van der Waals surface area (Å²) >= 11 is 18.8. The van der Waals surface area contributed by atoms with Crippen LogP contribution in [-0.2, 0) is 0 Å². The monoisotopic (exact) mass is 452 g/mol. The van der Waals surface area contributed by atoms with E-state index in [1.807, 2.05) is 4.90 Å². The van der Waals surface area contributed by atoms with Crippen LogP contribution in [0, 0.1) is 0 Å². The number of fused-ring (bicyclic) bond motifs is 1. The molecule has 0 saturated carbocycles. The van der Waals surface area contributed by atoms with Gasteiger partial charge in [0.25, 0.3) is 5.91 Å². The Morgan fingerprint density at radius 1 is 0.966 bits per heavy atom. The highest BCUT2D eigenvalue weighted by Crippen LogP contribution is 2.36. The third kappa shape index (κ3) is 3.64. The molecule has 29 heavy (non-hydrogen) atoms. The van der Waals surface area contributed by atoms with Gasteiger partial charge in [-0.15, -0.1) is 0 Å². The average molecular weight is 454 g/mol. The first-order chi connectivity index (χ1) is 13.9. The molecule has 1 aromatic heterocycles. The number of aromatic carboxylic acids is 1. The summed E-state index contributed by atoms with van der Waals surface area (Å²) in [5.41, 5.74) is 1.49. The number of carbonyl (C=O) groups excluding carboxylic acids is 1. The molecule has 1 N–H and O–H groups in total. The fraction of sp³-hybridized carbons (Fsp3) is 0.200. The van der Waals surface area contributed by atoms with E-state index < -0.39 is 5.97 Å². The Hall–Kier alpha value is -2.41. The number of halogens is 3. The molecule has 0 atom stereocenters. The van der Waals surface area contributed by atoms with E-state index in [1.54, 1.807) is 35.2 Å². The van der Waals surface area contributed by atoms with E-state index >= 15 is 0 Å². The molecule has 0 radical (unpaired) electrons. The van der Waals surface area contributed by atoms with Crippen molar-refractivity contribution >= 4 is 63.3 Å². The normalized spacial score (nSPS) is 14.4. The van der Waals surface area contributed by atoms with Crippen LogP contribution in [0.3, 0.4) is 0 Å². The van der Waals surface area contributed by atoms with Crippen molar-refractivity contribution in [3.8, 4) is 0 Å². The number of hydrogen-bond acceptors (Lipinski definition) is 4. The summed E-state index contributed by atoms with van der Waals surface area (Å²) in [4.78, 5) is 27.7. The van der Waals surface area contributed by atoms with Crippen molar-refractivity contribution in [1.29, 1.82) is 0 Å². The zero-order valence-electron chi connectivity index (χ0n) is 15.0. The number of hydrogen-bond donors (Lipinski definition) is 1. The molecule has 1 aliphatic rings. The number of nitrogens with zero attached hydrogens (tertiary/aromatic N) is 2. The van der Waals surface area contributed by atoms with Crippen LogP contribution in [0.25, 0.3) is 11.0 Å². The van der Waals surface area contributed by atoms with Crippen LogP contribution >= 0.6 is 34.8 Å². The largest absolute Gasteiger partial charge is 0.475 e. The molecule has 1 aliphatic heterocycles. The van der Waals surface area contributed by atoms with Crippen molar-refractivity contribution in [1.82, 2.24) is 4.90 Å². The van der Waals surface area contributed by atoms with Crippen LogP contribution in [0.2, 0.25) is 15.1 Å². The fourth-order valence-electron chi connectivity index (χ4n) is 3.43. The molecule has 4 rings (SSSR count). The summed E-state index contributed by atoms with van der Waals surface area (Å²) in [7, 11) is 0. The Kier molecular flexibility index (Phi) is 5.34. The van der Waals surface area contributed by atoms with Gasteiger partial charge >= 0.3 is 5.97 Å². The lowest BCUT2D eigenvalue weighted by atomic mass is 10.1. The maximum atomic E-state index is 12.8. The number of rotatable bonds is 3. The number of carbonyl (C=O) groups is 2. The summed E-state index contributed by atoms with van der Waals surface area (Å²) in [5.74, 6) is -1.52. The molecule has 6 nitrogen and oxygen atoms in total. The number of furan rings is 1. The molecular formula is C20H15Cl3N2O4. The summed E-state index contributed by atoms with van der Waals surface area (Å²) in [5, 5.41) is 10.7. The van der Waals surface area contributed by atoms with E-state index in [4.69, 9.17) is 44.3 Å². The molecule has 1 amide bonds. The molecule has 0 bridgehead atoms. The van der Waals surface area contributed by atoms with Gasteiger partial charge in [-0.05, 0) is 24.3 Å². The number of anilines is 1. The SMILES string of the molecule is O=C(O)c1cc2c(Cl)c(N3CCN(C(=O)c4c(Cl)cccc4Cl)CC3)ccc2o1. The van der Waals surface area contributed by atoms with Crippen molar-refractivity contribution in [2.75, 3.05) is 31.1 Å². The number of amides is 1. The van der Waals surface area contributed by atoms with Crippen LogP contribution in [0.4, 0.5) is 5.69 Å². The van der Waals surface area contributed by atoms with E-state index in [1.165, 1.54) is 6.07 Å². The van der Waals surface area contributed by atoms with Crippen molar-refractivity contribution < 1.29 is 19.1 Å². The average Bonchev–Trinajstić information content (AvgIpc) is 3.14. The van der Waals surface area contributed by atoms with Crippen LogP contribution < -0.4 is 4.90 Å². The lowest BCUT2D eigenvalue weighted by Crippen LogP contribution is -2.49. The Labute approximate surface area is 181 Å². The van der Waals surface area contributed by atoms with Gasteiger partial charge in [-0.3, -0.25) is 4.79 Å². The molecule has 1 saturated heterocycles. The predicted octanol–water partition coefficient (Wildman–Crippen LogP) is 5.05. The smallest absolute Gasteiger partial charge is 0.371 e. The molecule has 1 fully saturated rings. The van der Waals surface area contributed by atoms with Gasteiger partial charge < -0.3 is 19.3 Å². The van der Waals surface area contributed by atoms with Crippen molar-refractivity contribution in [2.24, 2.45) is 0 Å². The molecule has 3 aromatic rings. The minimum Gasteiger partial charge on any atom is -0.475 e. The van der Waals surface area contributed by atoms with Crippen LogP contribution in [-0.4, -0.2) is 48.1 Å². The number of benzene rings is 2. The zero-order valence-corrected chi connectivity index (χ0v) is 17.3. The second kappa shape index (κ2) is 7.78. The summed E-state index contributed by atoms with van der Waals surface area (Å²) in [6, 6.07) is 9.89. The van der Waals surface area contributed by atoms with Gasteiger partial charge in [-0.2, -0.15) is 0 Å². The summed E-state index contributed by atoms with van der Waals surface area (Å²) < 4.78 is 5.29. The number of carboxylic acid groups (broad SMARTS) is 1. The second-order valence-electron chi connectivity index (χ2n) is 6.60. The van der Waals surface area contributed by atoms with Gasteiger partial charge in [-0.25, -0.2) is 4.79 Å². The van der Waals surface area contributed by atoms with E-state index in [-0.39, 0.29) is 11.7 Å². The van der Waals surface area contributed by atoms with Gasteiger partial charge in [-0.1, -0.05) is 40.9 Å². The van der Waals surface area contributed by atoms with Gasteiger partial charge in [0, 0.05) is 37.6 Å². The molecule has 0 unspecified atom stereocenters. The fourth-order valence-corrected chi connectivity index (χ4v) is 4.32. The quantitative estimate of drug-likeness (QED) is 0.600. The predicted molar refractivity (Wildman–Crippen MR) is 113 cm³/mol. The topological polar surface area (TPSA) is 74.0 Å². The first-order valence-electron chi connectivity index (χ1n) is 8.80. The van der Waals surface area contributed by atoms with Gasteiger partial charge in [0.15, 0.2) is 0 Å². The molecule has 0 aliphatic carbocycles. The minimum absolute atomic E-state index is 0.161. The molecule has 9 heteroatoms. The van der Waals surface area contributed by atoms with E-state index in [0.29, 0.717) is 57.8 Å². The minimum atomic E-state index is -1.15. The van der Waals surface area contributed by atoms with E-state index in [0.717, 1.165) is 5.69 Å². The third-order valence-electron chi connectivity index (χ3n) is 4.91. The van der Waals surface area contributed by atoms with Gasteiger partial charge in [0.05, 0.1) is 26.3 Å². The van der Waals surface area contributed by atoms with Crippen LogP contribution in [0.5, 0.6) is 0 Å². The molecule has 2 aromatic carbocycles. The molecular weight excluding hydrogens is 439 g/mol. The van der Waals surface area contributed by atoms with Crippen LogP contribution in [0.1, 0.15) is 20.9 Å². The summed E-state index contributed by atoms with van der Waals surface area (Å²) in [6.45, 7) is 2.06. The van der Waals surface area contributed by atoms with Crippen molar-refractivity contribution in [3.63, 3.8) is 0 Å². The Morgan fingerprint density at radius 3 is 2.24 bits per heavy atom. The lowest BCUT2D eigenvalue weighted by molar-refractivity contribution is 0.0664. The highest BCUT2D eigenvalue weighted by atomic mass is 35.5. The Bertz CT molecular complexity index is 1100. The van der Waals surface area contributed by atoms with Crippen molar-refractivity contribution in [2.45, 2.75) is 0 Å². The number of carboxylic acids is 1. The maximum Gasteiger partial charge on any atom is 0.371 e. The van der Waals surface area contributed by atoms with E-state index in [2.05, 4.69) is 0 Å². The van der Waals surface area contributed by atoms with Crippen LogP contribution in [0.15, 0.2) is 40.8 Å². The molecule has 150 valence electrons. The lowest BCUT2D eigenvalue weighted by Gasteiger charge is -2.36. The summed E-state index contributed by atoms with van der Waals surface area (Å²) in [6.07, 6.45) is 0. The van der Waals surface area contributed by atoms with Gasteiger partial charge in [0.1, 0.15) is 5.58 Å². The zero-order chi connectivity index (χ0) is 20.7. The highest BCUT2D eigenvalue weighted by Gasteiger charge is 2.27. The van der Waals surface area contributed by atoms with Crippen molar-refractivity contribution in [3.05, 3.63) is 62.8 Å². The molecule has 2 heterocycles. The molecule has 0 spiro atoms. The first kappa shape index (κ1) is 19.9. The van der Waals surface area contributed by atoms with E-state index in [9.17, 15) is 9.59 Å². The number of piperazine rings is 1. The first-order valence-corrected chi connectivity index (χ1v) is 9.94. The Balaban J connectivity index is 1.53. The Morgan fingerprint density at radius 2 is 1.62 bits per heavy atom. The standard InChI is InChI=1S/C20H15Cl3N2O4/c21-12-2-1-3-13(22)17(12)19(26)25-8-6-24(7-9-25)14-4-5-15-11(18(14)23)10-16(29-15)20(27)28/h1-5,10H,6-9H2,(H,27,28). The highest BCUT2D eigenvalue weighted by molar-refractivity contribution is 6.39. The second-order valence-corrected chi connectivity index (χ2v) is 7.79. The van der Waals surface area contributed by atoms with Gasteiger partial charge in [0.2, 0.25) is 5.76 Å². The third-order valence-corrected chi connectivity index (χ3v) is 5.94.